The summed E-state index contributed by atoms with van der Waals surface area (Å²) in [6, 6.07) is 6.22. The Labute approximate surface area is 129 Å². The standard InChI is InChI=1S/C14H19N3O3.ClH/c1-14(8-2-3-9-16-14)13(18)15-10-11-4-6-12(7-5-11)17(19)20;/h4-7,16H,2-3,8-10H2,1H3,(H,15,18);1H. The zero-order valence-corrected chi connectivity index (χ0v) is 12.7. The fourth-order valence-electron chi connectivity index (χ4n) is 2.36. The van der Waals surface area contributed by atoms with Crippen molar-refractivity contribution in [2.24, 2.45) is 0 Å². The molecule has 1 aliphatic heterocycles. The molecular weight excluding hydrogens is 294 g/mol. The smallest absolute Gasteiger partial charge is 0.269 e. The highest BCUT2D eigenvalue weighted by Crippen LogP contribution is 2.19. The molecule has 21 heavy (non-hydrogen) atoms. The van der Waals surface area contributed by atoms with Gasteiger partial charge in [0.25, 0.3) is 5.69 Å². The maximum absolute atomic E-state index is 12.2. The zero-order chi connectivity index (χ0) is 14.6. The van der Waals surface area contributed by atoms with Crippen LogP contribution in [0.15, 0.2) is 24.3 Å². The van der Waals surface area contributed by atoms with Gasteiger partial charge in [0.1, 0.15) is 0 Å². The third kappa shape index (κ3) is 4.41. The summed E-state index contributed by atoms with van der Waals surface area (Å²) >= 11 is 0. The molecule has 1 aromatic carbocycles. The molecule has 1 amide bonds. The van der Waals surface area contributed by atoms with Gasteiger partial charge in [-0.3, -0.25) is 14.9 Å². The molecular formula is C14H20ClN3O3. The first-order chi connectivity index (χ1) is 9.51. The first kappa shape index (κ1) is 17.4. The van der Waals surface area contributed by atoms with Crippen LogP contribution in [0.2, 0.25) is 0 Å². The van der Waals surface area contributed by atoms with Crippen LogP contribution in [-0.4, -0.2) is 22.9 Å². The minimum Gasteiger partial charge on any atom is -0.350 e. The number of rotatable bonds is 4. The Hall–Kier alpha value is -1.66. The zero-order valence-electron chi connectivity index (χ0n) is 11.9. The van der Waals surface area contributed by atoms with Crippen molar-refractivity contribution >= 4 is 24.0 Å². The molecule has 0 bridgehead atoms. The molecule has 1 saturated heterocycles. The molecule has 1 fully saturated rings. The van der Waals surface area contributed by atoms with E-state index in [9.17, 15) is 14.9 Å². The number of carbonyl (C=O) groups excluding carboxylic acids is 1. The second-order valence-corrected chi connectivity index (χ2v) is 5.32. The quantitative estimate of drug-likeness (QED) is 0.659. The second kappa shape index (κ2) is 7.38. The van der Waals surface area contributed by atoms with Gasteiger partial charge < -0.3 is 10.6 Å². The normalized spacial score (nSPS) is 21.2. The van der Waals surface area contributed by atoms with Crippen LogP contribution in [0.3, 0.4) is 0 Å². The fraction of sp³-hybridized carbons (Fsp3) is 0.500. The highest BCUT2D eigenvalue weighted by Gasteiger charge is 2.33. The number of amides is 1. The van der Waals surface area contributed by atoms with E-state index in [2.05, 4.69) is 10.6 Å². The lowest BCUT2D eigenvalue weighted by Gasteiger charge is -2.33. The number of hydrogen-bond donors (Lipinski definition) is 2. The van der Waals surface area contributed by atoms with E-state index in [0.29, 0.717) is 6.54 Å². The number of hydrogen-bond acceptors (Lipinski definition) is 4. The van der Waals surface area contributed by atoms with Crippen LogP contribution in [0.1, 0.15) is 31.7 Å². The molecule has 0 radical (unpaired) electrons. The predicted molar refractivity (Wildman–Crippen MR) is 82.4 cm³/mol. The molecule has 2 N–H and O–H groups in total. The van der Waals surface area contributed by atoms with Crippen molar-refractivity contribution in [3.63, 3.8) is 0 Å². The first-order valence-corrected chi connectivity index (χ1v) is 6.78. The van der Waals surface area contributed by atoms with Gasteiger partial charge in [0, 0.05) is 18.7 Å². The molecule has 6 nitrogen and oxygen atoms in total. The van der Waals surface area contributed by atoms with Crippen molar-refractivity contribution < 1.29 is 9.72 Å². The molecule has 1 atom stereocenters. The average molecular weight is 314 g/mol. The van der Waals surface area contributed by atoms with Crippen LogP contribution in [0.4, 0.5) is 5.69 Å². The van der Waals surface area contributed by atoms with Crippen molar-refractivity contribution in [1.82, 2.24) is 10.6 Å². The highest BCUT2D eigenvalue weighted by molar-refractivity contribution is 5.86. The minimum absolute atomic E-state index is 0. The lowest BCUT2D eigenvalue weighted by atomic mass is 9.90. The average Bonchev–Trinajstić information content (AvgIpc) is 2.46. The van der Waals surface area contributed by atoms with Gasteiger partial charge in [-0.25, -0.2) is 0 Å². The summed E-state index contributed by atoms with van der Waals surface area (Å²) in [5.41, 5.74) is 0.406. The van der Waals surface area contributed by atoms with Crippen LogP contribution in [-0.2, 0) is 11.3 Å². The second-order valence-electron chi connectivity index (χ2n) is 5.32. The molecule has 1 aromatic rings. The minimum atomic E-state index is -0.501. The molecule has 1 heterocycles. The van der Waals surface area contributed by atoms with Crippen molar-refractivity contribution in [2.75, 3.05) is 6.54 Å². The first-order valence-electron chi connectivity index (χ1n) is 6.78. The number of benzene rings is 1. The number of piperidine rings is 1. The Kier molecular flexibility index (Phi) is 6.11. The molecule has 116 valence electrons. The van der Waals surface area contributed by atoms with Gasteiger partial charge >= 0.3 is 0 Å². The summed E-state index contributed by atoms with van der Waals surface area (Å²) in [5.74, 6) is -0.0180. The Morgan fingerprint density at radius 3 is 2.57 bits per heavy atom. The van der Waals surface area contributed by atoms with Crippen molar-refractivity contribution in [2.45, 2.75) is 38.3 Å². The van der Waals surface area contributed by atoms with Crippen LogP contribution in [0.5, 0.6) is 0 Å². The number of halogens is 1. The summed E-state index contributed by atoms with van der Waals surface area (Å²) in [6.07, 6.45) is 2.98. The Morgan fingerprint density at radius 2 is 2.05 bits per heavy atom. The number of nitro benzene ring substituents is 1. The third-order valence-electron chi connectivity index (χ3n) is 3.72. The topological polar surface area (TPSA) is 84.3 Å². The summed E-state index contributed by atoms with van der Waals surface area (Å²) in [5, 5.41) is 16.7. The van der Waals surface area contributed by atoms with Crippen LogP contribution >= 0.6 is 12.4 Å². The van der Waals surface area contributed by atoms with E-state index in [1.54, 1.807) is 12.1 Å². The molecule has 0 spiro atoms. The van der Waals surface area contributed by atoms with Gasteiger partial charge in [0.05, 0.1) is 10.5 Å². The van der Waals surface area contributed by atoms with Gasteiger partial charge in [0.2, 0.25) is 5.91 Å². The SMILES string of the molecule is CC1(C(=O)NCc2ccc([N+](=O)[O-])cc2)CCCCN1.Cl. The summed E-state index contributed by atoms with van der Waals surface area (Å²) in [4.78, 5) is 22.3. The van der Waals surface area contributed by atoms with Gasteiger partial charge in [0.15, 0.2) is 0 Å². The fourth-order valence-corrected chi connectivity index (χ4v) is 2.36. The number of nitrogens with zero attached hydrogens (tertiary/aromatic N) is 1. The lowest BCUT2D eigenvalue weighted by Crippen LogP contribution is -2.56. The van der Waals surface area contributed by atoms with E-state index in [4.69, 9.17) is 0 Å². The molecule has 1 unspecified atom stereocenters. The number of nitro groups is 1. The maximum Gasteiger partial charge on any atom is 0.269 e. The third-order valence-corrected chi connectivity index (χ3v) is 3.72. The van der Waals surface area contributed by atoms with Crippen LogP contribution in [0, 0.1) is 10.1 Å². The van der Waals surface area contributed by atoms with Gasteiger partial charge in [-0.1, -0.05) is 12.1 Å². The molecule has 0 aromatic heterocycles. The van der Waals surface area contributed by atoms with Gasteiger partial charge in [-0.15, -0.1) is 12.4 Å². The summed E-state index contributed by atoms with van der Waals surface area (Å²) in [6.45, 7) is 3.16. The summed E-state index contributed by atoms with van der Waals surface area (Å²) < 4.78 is 0. The van der Waals surface area contributed by atoms with E-state index >= 15 is 0 Å². The highest BCUT2D eigenvalue weighted by atomic mass is 35.5. The van der Waals surface area contributed by atoms with Gasteiger partial charge in [-0.05, 0) is 38.3 Å². The van der Waals surface area contributed by atoms with Crippen LogP contribution < -0.4 is 10.6 Å². The Bertz CT molecular complexity index is 499. The van der Waals surface area contributed by atoms with E-state index in [1.807, 2.05) is 6.92 Å². The number of nitrogens with one attached hydrogen (secondary N) is 2. The Balaban J connectivity index is 0.00000220. The number of carbonyl (C=O) groups is 1. The lowest BCUT2D eigenvalue weighted by molar-refractivity contribution is -0.384. The predicted octanol–water partition coefficient (Wildman–Crippen LogP) is 2.16. The van der Waals surface area contributed by atoms with Crippen molar-refractivity contribution in [1.29, 1.82) is 0 Å². The van der Waals surface area contributed by atoms with Crippen molar-refractivity contribution in [3.05, 3.63) is 39.9 Å². The maximum atomic E-state index is 12.2. The molecule has 0 aliphatic carbocycles. The molecule has 0 saturated carbocycles. The van der Waals surface area contributed by atoms with Gasteiger partial charge in [-0.2, -0.15) is 0 Å². The number of non-ortho nitro benzene ring substituents is 1. The summed E-state index contributed by atoms with van der Waals surface area (Å²) in [7, 11) is 0. The molecule has 2 rings (SSSR count). The van der Waals surface area contributed by atoms with Crippen molar-refractivity contribution in [3.8, 4) is 0 Å². The molecule has 7 heteroatoms. The van der Waals surface area contributed by atoms with Crippen LogP contribution in [0.25, 0.3) is 0 Å². The van der Waals surface area contributed by atoms with E-state index < -0.39 is 10.5 Å². The molecule has 1 aliphatic rings. The largest absolute Gasteiger partial charge is 0.350 e. The van der Waals surface area contributed by atoms with E-state index in [-0.39, 0.29) is 24.0 Å². The van der Waals surface area contributed by atoms with E-state index in [0.717, 1.165) is 31.4 Å². The van der Waals surface area contributed by atoms with E-state index in [1.165, 1.54) is 12.1 Å². The Morgan fingerprint density at radius 1 is 1.38 bits per heavy atom. The monoisotopic (exact) mass is 313 g/mol.